The zero-order valence-corrected chi connectivity index (χ0v) is 13.0. The van der Waals surface area contributed by atoms with Crippen LogP contribution >= 0.6 is 0 Å². The zero-order valence-electron chi connectivity index (χ0n) is 13.0. The number of hydrogen-bond donors (Lipinski definition) is 2. The van der Waals surface area contributed by atoms with E-state index >= 15 is 0 Å². The summed E-state index contributed by atoms with van der Waals surface area (Å²) in [5.41, 5.74) is 6.97. The van der Waals surface area contributed by atoms with Crippen LogP contribution < -0.4 is 16.0 Å². The lowest BCUT2D eigenvalue weighted by Gasteiger charge is -2.33. The summed E-state index contributed by atoms with van der Waals surface area (Å²) in [6.07, 6.45) is -0.578. The first-order valence-electron chi connectivity index (χ1n) is 7.91. The van der Waals surface area contributed by atoms with Crippen molar-refractivity contribution in [2.45, 2.75) is 6.10 Å². The van der Waals surface area contributed by atoms with Crippen LogP contribution in [0, 0.1) is 0 Å². The summed E-state index contributed by atoms with van der Waals surface area (Å²) >= 11 is 0. The molecule has 2 aliphatic heterocycles. The van der Waals surface area contributed by atoms with Crippen LogP contribution in [0.3, 0.4) is 0 Å². The fourth-order valence-electron chi connectivity index (χ4n) is 2.92. The van der Waals surface area contributed by atoms with Crippen LogP contribution in [0.25, 0.3) is 0 Å². The molecule has 2 amide bonds. The molecular weight excluding hydrogens is 296 g/mol. The highest BCUT2D eigenvalue weighted by molar-refractivity contribution is 5.94. The average Bonchev–Trinajstić information content (AvgIpc) is 2.62. The van der Waals surface area contributed by atoms with Crippen LogP contribution in [-0.2, 0) is 9.53 Å². The van der Waals surface area contributed by atoms with Crippen molar-refractivity contribution in [2.75, 3.05) is 50.8 Å². The van der Waals surface area contributed by atoms with E-state index in [1.54, 1.807) is 0 Å². The second-order valence-electron chi connectivity index (χ2n) is 5.80. The molecule has 3 rings (SSSR count). The summed E-state index contributed by atoms with van der Waals surface area (Å²) in [5.74, 6) is -0.379. The number of rotatable bonds is 3. The molecule has 2 fully saturated rings. The van der Waals surface area contributed by atoms with Crippen LogP contribution in [0.4, 0.5) is 5.69 Å². The van der Waals surface area contributed by atoms with E-state index in [2.05, 4.69) is 10.2 Å². The molecule has 0 aromatic heterocycles. The predicted octanol–water partition coefficient (Wildman–Crippen LogP) is -0.577. The number of nitrogens with one attached hydrogen (secondary N) is 1. The third-order valence-electron chi connectivity index (χ3n) is 4.27. The number of ether oxygens (including phenoxy) is 1. The number of amides is 2. The maximum atomic E-state index is 12.4. The average molecular weight is 318 g/mol. The normalized spacial score (nSPS) is 22.0. The highest BCUT2D eigenvalue weighted by Gasteiger charge is 2.25. The molecule has 7 nitrogen and oxygen atoms in total. The van der Waals surface area contributed by atoms with E-state index in [-0.39, 0.29) is 5.91 Å². The van der Waals surface area contributed by atoms with Crippen molar-refractivity contribution in [3.8, 4) is 0 Å². The Morgan fingerprint density at radius 1 is 1.13 bits per heavy atom. The maximum Gasteiger partial charge on any atom is 0.253 e. The van der Waals surface area contributed by atoms with Gasteiger partial charge in [0.25, 0.3) is 5.91 Å². The first kappa shape index (κ1) is 15.8. The molecule has 23 heavy (non-hydrogen) atoms. The molecule has 1 aromatic rings. The van der Waals surface area contributed by atoms with E-state index < -0.39 is 12.0 Å². The van der Waals surface area contributed by atoms with Gasteiger partial charge in [-0.15, -0.1) is 0 Å². The Hall–Kier alpha value is -2.12. The number of piperazine rings is 1. The quantitative estimate of drug-likeness (QED) is 0.779. The number of anilines is 1. The Kier molecular flexibility index (Phi) is 4.78. The highest BCUT2D eigenvalue weighted by atomic mass is 16.5. The molecule has 0 aliphatic carbocycles. The van der Waals surface area contributed by atoms with Gasteiger partial charge in [-0.3, -0.25) is 9.59 Å². The molecule has 0 spiro atoms. The number of morpholine rings is 1. The van der Waals surface area contributed by atoms with Gasteiger partial charge in [0.1, 0.15) is 0 Å². The molecule has 3 N–H and O–H groups in total. The monoisotopic (exact) mass is 318 g/mol. The minimum absolute atomic E-state index is 0.0649. The van der Waals surface area contributed by atoms with Crippen LogP contribution in [0.2, 0.25) is 0 Å². The molecule has 7 heteroatoms. The van der Waals surface area contributed by atoms with Crippen molar-refractivity contribution in [2.24, 2.45) is 5.73 Å². The fourth-order valence-corrected chi connectivity index (χ4v) is 2.92. The Bertz CT molecular complexity index is 569. The van der Waals surface area contributed by atoms with E-state index in [0.29, 0.717) is 25.3 Å². The van der Waals surface area contributed by atoms with Gasteiger partial charge in [0, 0.05) is 44.0 Å². The molecule has 2 aliphatic rings. The Morgan fingerprint density at radius 2 is 1.83 bits per heavy atom. The highest BCUT2D eigenvalue weighted by Crippen LogP contribution is 2.19. The molecular formula is C16H22N4O3. The molecule has 2 saturated heterocycles. The molecule has 0 bridgehead atoms. The fraction of sp³-hybridized carbons (Fsp3) is 0.500. The number of carbonyl (C=O) groups is 2. The molecule has 1 aromatic carbocycles. The van der Waals surface area contributed by atoms with Crippen molar-refractivity contribution >= 4 is 17.5 Å². The van der Waals surface area contributed by atoms with Crippen molar-refractivity contribution in [3.05, 3.63) is 29.8 Å². The topological polar surface area (TPSA) is 87.9 Å². The Morgan fingerprint density at radius 3 is 2.48 bits per heavy atom. The minimum atomic E-state index is -0.578. The standard InChI is InChI=1S/C16H22N4O3/c17-15(21)14-11-20(9-10-23-14)13-3-1-12(2-4-13)16(22)19-7-5-18-6-8-19/h1-4,14,18H,5-11H2,(H2,17,21). The maximum absolute atomic E-state index is 12.4. The van der Waals surface area contributed by atoms with E-state index in [0.717, 1.165) is 31.9 Å². The van der Waals surface area contributed by atoms with Gasteiger partial charge in [0.05, 0.1) is 13.2 Å². The third-order valence-corrected chi connectivity index (χ3v) is 4.27. The lowest BCUT2D eigenvalue weighted by molar-refractivity contribution is -0.130. The van der Waals surface area contributed by atoms with Crippen LogP contribution in [0.1, 0.15) is 10.4 Å². The Labute approximate surface area is 135 Å². The van der Waals surface area contributed by atoms with E-state index in [1.165, 1.54) is 0 Å². The SMILES string of the molecule is NC(=O)C1CN(c2ccc(C(=O)N3CCNCC3)cc2)CCO1. The van der Waals surface area contributed by atoms with Gasteiger partial charge in [-0.1, -0.05) is 0 Å². The van der Waals surface area contributed by atoms with Gasteiger partial charge in [-0.2, -0.15) is 0 Å². The minimum Gasteiger partial charge on any atom is -0.367 e. The molecule has 124 valence electrons. The van der Waals surface area contributed by atoms with Gasteiger partial charge in [0.2, 0.25) is 5.91 Å². The summed E-state index contributed by atoms with van der Waals surface area (Å²) in [7, 11) is 0. The lowest BCUT2D eigenvalue weighted by Crippen LogP contribution is -2.48. The van der Waals surface area contributed by atoms with Gasteiger partial charge in [-0.25, -0.2) is 0 Å². The Balaban J connectivity index is 1.66. The predicted molar refractivity (Wildman–Crippen MR) is 86.4 cm³/mol. The molecule has 1 unspecified atom stereocenters. The summed E-state index contributed by atoms with van der Waals surface area (Å²) in [4.78, 5) is 27.6. The van der Waals surface area contributed by atoms with E-state index in [4.69, 9.17) is 10.5 Å². The number of nitrogens with zero attached hydrogens (tertiary/aromatic N) is 2. The summed E-state index contributed by atoms with van der Waals surface area (Å²) in [6, 6.07) is 7.51. The summed E-state index contributed by atoms with van der Waals surface area (Å²) < 4.78 is 5.35. The number of benzene rings is 1. The summed E-state index contributed by atoms with van der Waals surface area (Å²) in [5, 5.41) is 3.24. The first-order valence-corrected chi connectivity index (χ1v) is 7.91. The van der Waals surface area contributed by atoms with Gasteiger partial charge in [-0.05, 0) is 24.3 Å². The molecule has 0 radical (unpaired) electrons. The van der Waals surface area contributed by atoms with Crippen molar-refractivity contribution in [1.29, 1.82) is 0 Å². The van der Waals surface area contributed by atoms with Crippen molar-refractivity contribution < 1.29 is 14.3 Å². The van der Waals surface area contributed by atoms with E-state index in [1.807, 2.05) is 29.2 Å². The number of hydrogen-bond acceptors (Lipinski definition) is 5. The van der Waals surface area contributed by atoms with Crippen LogP contribution in [0.15, 0.2) is 24.3 Å². The largest absolute Gasteiger partial charge is 0.367 e. The van der Waals surface area contributed by atoms with Gasteiger partial charge < -0.3 is 25.6 Å². The van der Waals surface area contributed by atoms with Crippen LogP contribution in [0.5, 0.6) is 0 Å². The van der Waals surface area contributed by atoms with E-state index in [9.17, 15) is 9.59 Å². The third kappa shape index (κ3) is 3.62. The van der Waals surface area contributed by atoms with Gasteiger partial charge in [0.15, 0.2) is 6.10 Å². The van der Waals surface area contributed by atoms with Gasteiger partial charge >= 0.3 is 0 Å². The molecule has 1 atom stereocenters. The smallest absolute Gasteiger partial charge is 0.253 e. The van der Waals surface area contributed by atoms with Crippen molar-refractivity contribution in [3.63, 3.8) is 0 Å². The zero-order chi connectivity index (χ0) is 16.2. The second kappa shape index (κ2) is 6.97. The molecule has 2 heterocycles. The summed E-state index contributed by atoms with van der Waals surface area (Å²) in [6.45, 7) is 4.78. The lowest BCUT2D eigenvalue weighted by atomic mass is 10.1. The second-order valence-corrected chi connectivity index (χ2v) is 5.80. The van der Waals surface area contributed by atoms with Crippen molar-refractivity contribution in [1.82, 2.24) is 10.2 Å². The number of primary amides is 1. The number of carbonyl (C=O) groups excluding carboxylic acids is 2. The molecule has 0 saturated carbocycles. The first-order chi connectivity index (χ1) is 11.1. The number of nitrogens with two attached hydrogens (primary N) is 1. The van der Waals surface area contributed by atoms with Crippen LogP contribution in [-0.4, -0.2) is 68.7 Å².